The Bertz CT molecular complexity index is 368. The third-order valence-electron chi connectivity index (χ3n) is 2.33. The molecule has 0 radical (unpaired) electrons. The molecule has 3 heteroatoms. The number of ketones is 1. The standard InChI is InChI=1S/C13H17NO2/c1-3-4-11-5-7-12(8-6-11)9-14-13(16)10(2)15/h5-8H,3-4,9H2,1-2H3,(H,14,16). The number of hydrogen-bond acceptors (Lipinski definition) is 2. The molecule has 0 aliphatic heterocycles. The summed E-state index contributed by atoms with van der Waals surface area (Å²) in [5, 5.41) is 2.56. The van der Waals surface area contributed by atoms with Gasteiger partial charge < -0.3 is 5.32 Å². The van der Waals surface area contributed by atoms with Crippen LogP contribution in [0, 0.1) is 0 Å². The average Bonchev–Trinajstić information content (AvgIpc) is 2.28. The van der Waals surface area contributed by atoms with Gasteiger partial charge in [-0.25, -0.2) is 0 Å². The molecule has 1 aromatic rings. The van der Waals surface area contributed by atoms with Gasteiger partial charge in [0.2, 0.25) is 5.78 Å². The van der Waals surface area contributed by atoms with E-state index in [9.17, 15) is 9.59 Å². The Morgan fingerprint density at radius 1 is 1.12 bits per heavy atom. The third kappa shape index (κ3) is 3.85. The fourth-order valence-electron chi connectivity index (χ4n) is 1.42. The Morgan fingerprint density at radius 2 is 1.69 bits per heavy atom. The van der Waals surface area contributed by atoms with Crippen molar-refractivity contribution < 1.29 is 9.59 Å². The van der Waals surface area contributed by atoms with Crippen LogP contribution in [0.4, 0.5) is 0 Å². The highest BCUT2D eigenvalue weighted by Crippen LogP contribution is 2.06. The van der Waals surface area contributed by atoms with Gasteiger partial charge in [-0.1, -0.05) is 37.6 Å². The third-order valence-corrected chi connectivity index (χ3v) is 2.33. The highest BCUT2D eigenvalue weighted by Gasteiger charge is 2.05. The summed E-state index contributed by atoms with van der Waals surface area (Å²) in [6, 6.07) is 8.06. The second-order valence-electron chi connectivity index (χ2n) is 3.81. The summed E-state index contributed by atoms with van der Waals surface area (Å²) in [5.41, 5.74) is 2.30. The Balaban J connectivity index is 2.49. The number of aryl methyl sites for hydroxylation is 1. The predicted octanol–water partition coefficient (Wildman–Crippen LogP) is 1.84. The number of amides is 1. The van der Waals surface area contributed by atoms with Crippen LogP contribution in [0.15, 0.2) is 24.3 Å². The molecule has 0 fully saturated rings. The smallest absolute Gasteiger partial charge is 0.287 e. The second-order valence-corrected chi connectivity index (χ2v) is 3.81. The van der Waals surface area contributed by atoms with E-state index in [4.69, 9.17) is 0 Å². The molecule has 0 aliphatic carbocycles. The molecule has 0 unspecified atom stereocenters. The van der Waals surface area contributed by atoms with Crippen molar-refractivity contribution in [3.8, 4) is 0 Å². The Morgan fingerprint density at radius 3 is 2.19 bits per heavy atom. The van der Waals surface area contributed by atoms with Gasteiger partial charge >= 0.3 is 0 Å². The van der Waals surface area contributed by atoms with Crippen LogP contribution in [-0.4, -0.2) is 11.7 Å². The van der Waals surface area contributed by atoms with Crippen molar-refractivity contribution in [1.82, 2.24) is 5.32 Å². The molecule has 0 aliphatic rings. The quantitative estimate of drug-likeness (QED) is 0.768. The van der Waals surface area contributed by atoms with Crippen molar-refractivity contribution in [3.63, 3.8) is 0 Å². The van der Waals surface area contributed by atoms with Gasteiger partial charge in [0.25, 0.3) is 5.91 Å². The van der Waals surface area contributed by atoms with E-state index >= 15 is 0 Å². The monoisotopic (exact) mass is 219 g/mol. The lowest BCUT2D eigenvalue weighted by molar-refractivity contribution is -0.136. The van der Waals surface area contributed by atoms with E-state index in [0.717, 1.165) is 18.4 Å². The fourth-order valence-corrected chi connectivity index (χ4v) is 1.42. The lowest BCUT2D eigenvalue weighted by Crippen LogP contribution is -2.28. The molecule has 0 aromatic heterocycles. The zero-order chi connectivity index (χ0) is 12.0. The molecule has 1 rings (SSSR count). The molecular formula is C13H17NO2. The van der Waals surface area contributed by atoms with E-state index in [0.29, 0.717) is 6.54 Å². The van der Waals surface area contributed by atoms with Crippen molar-refractivity contribution in [2.24, 2.45) is 0 Å². The minimum atomic E-state index is -0.530. The van der Waals surface area contributed by atoms with Crippen LogP contribution in [0.25, 0.3) is 0 Å². The van der Waals surface area contributed by atoms with Gasteiger partial charge in [0.1, 0.15) is 0 Å². The first kappa shape index (κ1) is 12.4. The second kappa shape index (κ2) is 6.05. The molecule has 0 atom stereocenters. The van der Waals surface area contributed by atoms with Crippen LogP contribution in [0.3, 0.4) is 0 Å². The summed E-state index contributed by atoms with van der Waals surface area (Å²) in [6.45, 7) is 3.81. The van der Waals surface area contributed by atoms with Crippen molar-refractivity contribution >= 4 is 11.7 Å². The van der Waals surface area contributed by atoms with Crippen molar-refractivity contribution in [1.29, 1.82) is 0 Å². The summed E-state index contributed by atoms with van der Waals surface area (Å²) in [4.78, 5) is 21.7. The van der Waals surface area contributed by atoms with Crippen molar-refractivity contribution in [2.45, 2.75) is 33.2 Å². The van der Waals surface area contributed by atoms with Crippen LogP contribution in [-0.2, 0) is 22.6 Å². The number of hydrogen-bond donors (Lipinski definition) is 1. The minimum Gasteiger partial charge on any atom is -0.345 e. The van der Waals surface area contributed by atoms with Crippen LogP contribution in [0.1, 0.15) is 31.4 Å². The molecule has 1 aromatic carbocycles. The number of carbonyl (C=O) groups excluding carboxylic acids is 2. The molecule has 0 saturated heterocycles. The lowest BCUT2D eigenvalue weighted by atomic mass is 10.1. The summed E-state index contributed by atoms with van der Waals surface area (Å²) in [7, 11) is 0. The van der Waals surface area contributed by atoms with Crippen molar-refractivity contribution in [3.05, 3.63) is 35.4 Å². The van der Waals surface area contributed by atoms with Gasteiger partial charge in [0, 0.05) is 13.5 Å². The fraction of sp³-hybridized carbons (Fsp3) is 0.385. The number of benzene rings is 1. The Kier molecular flexibility index (Phi) is 4.70. The minimum absolute atomic E-state index is 0.408. The van der Waals surface area contributed by atoms with Gasteiger partial charge in [0.15, 0.2) is 0 Å². The van der Waals surface area contributed by atoms with E-state index in [1.807, 2.05) is 12.1 Å². The van der Waals surface area contributed by atoms with E-state index in [1.165, 1.54) is 12.5 Å². The van der Waals surface area contributed by atoms with Gasteiger partial charge in [-0.15, -0.1) is 0 Å². The maximum atomic E-state index is 11.0. The predicted molar refractivity (Wildman–Crippen MR) is 63.0 cm³/mol. The summed E-state index contributed by atoms with van der Waals surface area (Å²) in [6.07, 6.45) is 2.19. The molecule has 3 nitrogen and oxygen atoms in total. The summed E-state index contributed by atoms with van der Waals surface area (Å²) >= 11 is 0. The van der Waals surface area contributed by atoms with Gasteiger partial charge in [-0.2, -0.15) is 0 Å². The number of Topliss-reactive ketones (excluding diaryl/α,β-unsaturated/α-hetero) is 1. The molecule has 86 valence electrons. The topological polar surface area (TPSA) is 46.2 Å². The maximum Gasteiger partial charge on any atom is 0.287 e. The highest BCUT2D eigenvalue weighted by atomic mass is 16.2. The highest BCUT2D eigenvalue weighted by molar-refractivity contribution is 6.35. The number of carbonyl (C=O) groups is 2. The molecule has 0 saturated carbocycles. The van der Waals surface area contributed by atoms with E-state index in [1.54, 1.807) is 0 Å². The SMILES string of the molecule is CCCc1ccc(CNC(=O)C(C)=O)cc1. The van der Waals surface area contributed by atoms with E-state index in [2.05, 4.69) is 24.4 Å². The molecule has 1 amide bonds. The van der Waals surface area contributed by atoms with Crippen LogP contribution in [0.5, 0.6) is 0 Å². The first-order valence-corrected chi connectivity index (χ1v) is 5.50. The Hall–Kier alpha value is -1.64. The largest absolute Gasteiger partial charge is 0.345 e. The molecule has 1 N–H and O–H groups in total. The molecule has 0 bridgehead atoms. The van der Waals surface area contributed by atoms with Crippen molar-refractivity contribution in [2.75, 3.05) is 0 Å². The van der Waals surface area contributed by atoms with Gasteiger partial charge in [-0.3, -0.25) is 9.59 Å². The molecular weight excluding hydrogens is 202 g/mol. The molecule has 16 heavy (non-hydrogen) atoms. The first-order valence-electron chi connectivity index (χ1n) is 5.50. The zero-order valence-corrected chi connectivity index (χ0v) is 9.75. The van der Waals surface area contributed by atoms with Gasteiger partial charge in [-0.05, 0) is 17.5 Å². The average molecular weight is 219 g/mol. The zero-order valence-electron chi connectivity index (χ0n) is 9.75. The summed E-state index contributed by atoms with van der Waals surface area (Å²) < 4.78 is 0. The first-order chi connectivity index (χ1) is 7.63. The van der Waals surface area contributed by atoms with Gasteiger partial charge in [0.05, 0.1) is 0 Å². The normalized spacial score (nSPS) is 9.88. The number of rotatable bonds is 5. The molecule has 0 spiro atoms. The number of nitrogens with one attached hydrogen (secondary N) is 1. The van der Waals surface area contributed by atoms with Crippen LogP contribution >= 0.6 is 0 Å². The lowest BCUT2D eigenvalue weighted by Gasteiger charge is -2.04. The van der Waals surface area contributed by atoms with Crippen LogP contribution < -0.4 is 5.32 Å². The van der Waals surface area contributed by atoms with Crippen LogP contribution in [0.2, 0.25) is 0 Å². The molecule has 0 heterocycles. The Labute approximate surface area is 95.9 Å². The van der Waals surface area contributed by atoms with E-state index in [-0.39, 0.29) is 0 Å². The summed E-state index contributed by atoms with van der Waals surface area (Å²) in [5.74, 6) is -0.986. The van der Waals surface area contributed by atoms with E-state index < -0.39 is 11.7 Å². The maximum absolute atomic E-state index is 11.0.